The van der Waals surface area contributed by atoms with E-state index in [9.17, 15) is 0 Å². The molecule has 1 aliphatic rings. The quantitative estimate of drug-likeness (QED) is 0.146. The monoisotopic (exact) mass is 445 g/mol. The predicted octanol–water partition coefficient (Wildman–Crippen LogP) is 7.78. The fourth-order valence-electron chi connectivity index (χ4n) is 7.00. The van der Waals surface area contributed by atoms with Crippen molar-refractivity contribution in [3.63, 3.8) is 0 Å². The molecule has 3 heterocycles. The zero-order valence-corrected chi connectivity index (χ0v) is 21.0. The average molecular weight is 446 g/mol. The minimum Gasteiger partial charge on any atom is -0.307 e. The van der Waals surface area contributed by atoms with Crippen molar-refractivity contribution >= 4 is 49.0 Å². The third kappa shape index (κ3) is 2.54. The Morgan fingerprint density at radius 2 is 1.59 bits per heavy atom. The molecule has 0 amide bonds. The highest BCUT2D eigenvalue weighted by atomic mass is 15.0. The third-order valence-electron chi connectivity index (χ3n) is 9.02. The molecule has 1 fully saturated rings. The third-order valence-corrected chi connectivity index (χ3v) is 9.02. The van der Waals surface area contributed by atoms with E-state index >= 15 is 0 Å². The van der Waals surface area contributed by atoms with Crippen molar-refractivity contribution < 1.29 is 4.57 Å². The number of aromatic nitrogens is 2. The summed E-state index contributed by atoms with van der Waals surface area (Å²) in [6, 6.07) is 14.4. The summed E-state index contributed by atoms with van der Waals surface area (Å²) >= 11 is 0. The highest BCUT2D eigenvalue weighted by Crippen LogP contribution is 2.43. The Bertz CT molecular complexity index is 1780. The normalized spacial score (nSPS) is 15.3. The molecule has 0 spiro atoms. The molecule has 0 atom stereocenters. The molecule has 7 rings (SSSR count). The second-order valence-corrected chi connectivity index (χ2v) is 11.0. The molecule has 1 aliphatic carbocycles. The SMILES string of the molecule is Cc1ccc2c(c1C)c1cc(C)c(C)c3c1n2c1cc(CC2CCCC2)cc2cc[n+](C)c3c21. The van der Waals surface area contributed by atoms with Crippen LogP contribution in [-0.4, -0.2) is 4.40 Å². The van der Waals surface area contributed by atoms with Gasteiger partial charge in [-0.3, -0.25) is 0 Å². The van der Waals surface area contributed by atoms with Gasteiger partial charge in [-0.05, 0) is 91.4 Å². The van der Waals surface area contributed by atoms with E-state index in [4.69, 9.17) is 0 Å². The van der Waals surface area contributed by atoms with Crippen LogP contribution in [0, 0.1) is 33.6 Å². The number of nitrogens with zero attached hydrogens (tertiary/aromatic N) is 2. The van der Waals surface area contributed by atoms with Gasteiger partial charge in [-0.1, -0.05) is 37.8 Å². The van der Waals surface area contributed by atoms with Crippen LogP contribution in [0.5, 0.6) is 0 Å². The van der Waals surface area contributed by atoms with Gasteiger partial charge in [0.15, 0.2) is 6.20 Å². The molecule has 0 bridgehead atoms. The number of hydrogen-bond acceptors (Lipinski definition) is 0. The summed E-state index contributed by atoms with van der Waals surface area (Å²) in [6.45, 7) is 9.13. The van der Waals surface area contributed by atoms with Crippen molar-refractivity contribution in [2.24, 2.45) is 13.0 Å². The molecule has 0 radical (unpaired) electrons. The number of aryl methyl sites for hydroxylation is 5. The molecule has 3 aromatic carbocycles. The van der Waals surface area contributed by atoms with E-state index < -0.39 is 0 Å². The summed E-state index contributed by atoms with van der Waals surface area (Å²) < 4.78 is 4.95. The summed E-state index contributed by atoms with van der Waals surface area (Å²) in [5.41, 5.74) is 12.5. The predicted molar refractivity (Wildman–Crippen MR) is 144 cm³/mol. The maximum atomic E-state index is 2.60. The van der Waals surface area contributed by atoms with Crippen molar-refractivity contribution in [1.82, 2.24) is 4.40 Å². The molecule has 34 heavy (non-hydrogen) atoms. The van der Waals surface area contributed by atoms with Gasteiger partial charge in [-0.15, -0.1) is 0 Å². The molecule has 3 aromatic heterocycles. The highest BCUT2D eigenvalue weighted by Gasteiger charge is 2.26. The number of rotatable bonds is 2. The van der Waals surface area contributed by atoms with E-state index in [1.807, 2.05) is 0 Å². The zero-order valence-electron chi connectivity index (χ0n) is 21.0. The second kappa shape index (κ2) is 6.95. The first kappa shape index (κ1) is 20.3. The number of benzene rings is 3. The average Bonchev–Trinajstić information content (AvgIpc) is 3.44. The Kier molecular flexibility index (Phi) is 4.14. The Labute approximate surface area is 201 Å². The van der Waals surface area contributed by atoms with Crippen LogP contribution in [0.15, 0.2) is 42.6 Å². The maximum absolute atomic E-state index is 2.60. The van der Waals surface area contributed by atoms with Crippen LogP contribution in [0.4, 0.5) is 0 Å². The molecule has 170 valence electrons. The molecular formula is C32H33N2+. The summed E-state index contributed by atoms with van der Waals surface area (Å²) in [5.74, 6) is 0.844. The first-order valence-corrected chi connectivity index (χ1v) is 12.9. The minimum absolute atomic E-state index is 0.844. The van der Waals surface area contributed by atoms with Gasteiger partial charge in [0.2, 0.25) is 5.52 Å². The smallest absolute Gasteiger partial charge is 0.224 e. The largest absolute Gasteiger partial charge is 0.307 e. The van der Waals surface area contributed by atoms with E-state index in [1.165, 1.54) is 109 Å². The van der Waals surface area contributed by atoms with E-state index in [-0.39, 0.29) is 0 Å². The fourth-order valence-corrected chi connectivity index (χ4v) is 7.00. The van der Waals surface area contributed by atoms with Gasteiger partial charge in [0.05, 0.1) is 27.3 Å². The number of pyridine rings is 2. The van der Waals surface area contributed by atoms with Crippen molar-refractivity contribution in [3.05, 3.63) is 70.4 Å². The zero-order chi connectivity index (χ0) is 23.3. The van der Waals surface area contributed by atoms with E-state index in [1.54, 1.807) is 0 Å². The van der Waals surface area contributed by atoms with Crippen molar-refractivity contribution in [2.45, 2.75) is 59.8 Å². The van der Waals surface area contributed by atoms with E-state index in [0.717, 1.165) is 5.92 Å². The molecule has 0 saturated heterocycles. The number of fused-ring (bicyclic) bond motifs is 5. The van der Waals surface area contributed by atoms with E-state index in [0.29, 0.717) is 0 Å². The molecule has 0 unspecified atom stereocenters. The van der Waals surface area contributed by atoms with Crippen LogP contribution in [0.2, 0.25) is 0 Å². The second-order valence-electron chi connectivity index (χ2n) is 11.0. The number of hydrogen-bond donors (Lipinski definition) is 0. The summed E-state index contributed by atoms with van der Waals surface area (Å²) in [6.07, 6.45) is 9.05. The molecule has 0 aliphatic heterocycles. The van der Waals surface area contributed by atoms with Gasteiger partial charge in [0.1, 0.15) is 7.05 Å². The lowest BCUT2D eigenvalue weighted by molar-refractivity contribution is -0.643. The van der Waals surface area contributed by atoms with E-state index in [2.05, 4.69) is 86.3 Å². The molecule has 1 saturated carbocycles. The molecular weight excluding hydrogens is 412 g/mol. The topological polar surface area (TPSA) is 8.29 Å². The summed E-state index contributed by atoms with van der Waals surface area (Å²) in [5, 5.41) is 7.01. The van der Waals surface area contributed by atoms with Crippen molar-refractivity contribution in [2.75, 3.05) is 0 Å². The summed E-state index contributed by atoms with van der Waals surface area (Å²) in [7, 11) is 2.21. The van der Waals surface area contributed by atoms with Crippen LogP contribution in [0.3, 0.4) is 0 Å². The lowest BCUT2D eigenvalue weighted by Gasteiger charge is -2.16. The van der Waals surface area contributed by atoms with Gasteiger partial charge in [0, 0.05) is 16.8 Å². The molecule has 0 N–H and O–H groups in total. The van der Waals surface area contributed by atoms with Crippen LogP contribution < -0.4 is 4.57 Å². The van der Waals surface area contributed by atoms with Crippen LogP contribution in [0.1, 0.15) is 53.5 Å². The van der Waals surface area contributed by atoms with Gasteiger partial charge in [0.25, 0.3) is 0 Å². The Morgan fingerprint density at radius 3 is 2.38 bits per heavy atom. The molecule has 2 heteroatoms. The van der Waals surface area contributed by atoms with Crippen molar-refractivity contribution in [1.29, 1.82) is 0 Å². The van der Waals surface area contributed by atoms with Gasteiger partial charge in [-0.2, -0.15) is 0 Å². The van der Waals surface area contributed by atoms with Crippen LogP contribution in [-0.2, 0) is 13.5 Å². The lowest BCUT2D eigenvalue weighted by Crippen LogP contribution is -2.29. The molecule has 2 nitrogen and oxygen atoms in total. The Morgan fingerprint density at radius 1 is 0.824 bits per heavy atom. The van der Waals surface area contributed by atoms with Crippen molar-refractivity contribution in [3.8, 4) is 0 Å². The first-order valence-electron chi connectivity index (χ1n) is 12.9. The van der Waals surface area contributed by atoms with Gasteiger partial charge in [-0.25, -0.2) is 4.57 Å². The highest BCUT2D eigenvalue weighted by molar-refractivity contribution is 6.26. The minimum atomic E-state index is 0.844. The fraction of sp³-hybridized carbons (Fsp3) is 0.344. The Hall–Kier alpha value is -3.13. The Balaban J connectivity index is 1.76. The lowest BCUT2D eigenvalue weighted by atomic mass is 9.93. The van der Waals surface area contributed by atoms with Gasteiger partial charge >= 0.3 is 0 Å². The van der Waals surface area contributed by atoms with Crippen LogP contribution >= 0.6 is 0 Å². The first-order chi connectivity index (χ1) is 16.4. The van der Waals surface area contributed by atoms with Crippen LogP contribution in [0.25, 0.3) is 49.0 Å². The standard InChI is InChI=1S/C32H33N2/c1-18-10-11-26-28(20(18)3)25-14-19(2)21(4)29-31(25)34(26)27-17-23(15-22-8-6-7-9-22)16-24-12-13-33(5)32(29)30(24)27/h10-14,16-17,22H,6-9,15H2,1-5H3/q+1. The maximum Gasteiger partial charge on any atom is 0.224 e. The van der Waals surface area contributed by atoms with Gasteiger partial charge < -0.3 is 4.40 Å². The molecule has 6 aromatic rings. The summed E-state index contributed by atoms with van der Waals surface area (Å²) in [4.78, 5) is 0.